The Morgan fingerprint density at radius 2 is 1.84 bits per heavy atom. The van der Waals surface area contributed by atoms with Crippen LogP contribution in [0.25, 0.3) is 10.8 Å². The first-order valence-corrected chi connectivity index (χ1v) is 6.06. The highest BCUT2D eigenvalue weighted by Crippen LogP contribution is 2.32. The molecule has 0 spiro atoms. The van der Waals surface area contributed by atoms with E-state index in [4.69, 9.17) is 0 Å². The minimum Gasteiger partial charge on any atom is -0.465 e. The van der Waals surface area contributed by atoms with Crippen molar-refractivity contribution in [3.05, 3.63) is 48.0 Å². The van der Waals surface area contributed by atoms with Gasteiger partial charge in [-0.05, 0) is 23.3 Å². The number of carbonyl (C=O) groups is 1. The summed E-state index contributed by atoms with van der Waals surface area (Å²) in [5, 5.41) is 20.9. The van der Waals surface area contributed by atoms with E-state index in [1.807, 2.05) is 42.5 Å². The van der Waals surface area contributed by atoms with Gasteiger partial charge in [0.2, 0.25) is 0 Å². The highest BCUT2D eigenvalue weighted by molar-refractivity contribution is 5.87. The van der Waals surface area contributed by atoms with Gasteiger partial charge in [0.05, 0.1) is 12.1 Å². The zero-order chi connectivity index (χ0) is 14.0. The largest absolute Gasteiger partial charge is 0.465 e. The van der Waals surface area contributed by atoms with Crippen molar-refractivity contribution in [3.8, 4) is 0 Å². The molecular formula is C15H17NO3. The second-order valence-electron chi connectivity index (χ2n) is 4.80. The Hall–Kier alpha value is -2.07. The van der Waals surface area contributed by atoms with Crippen molar-refractivity contribution in [2.75, 3.05) is 13.7 Å². The first kappa shape index (κ1) is 13.4. The number of nitrogens with zero attached hydrogens (tertiary/aromatic N) is 1. The standard InChI is InChI=1S/C15H17NO3/c1-15(10-17,16(2)14(18)19)13-9-5-7-11-6-3-4-8-12(11)13/h3-9,17H,10H2,1-2H3,(H,18,19). The molecule has 0 fully saturated rings. The van der Waals surface area contributed by atoms with Gasteiger partial charge in [0.1, 0.15) is 0 Å². The van der Waals surface area contributed by atoms with E-state index < -0.39 is 11.6 Å². The number of fused-ring (bicyclic) bond motifs is 1. The number of rotatable bonds is 3. The molecule has 0 saturated heterocycles. The van der Waals surface area contributed by atoms with Gasteiger partial charge in [-0.2, -0.15) is 0 Å². The third-order valence-electron chi connectivity index (χ3n) is 3.70. The summed E-state index contributed by atoms with van der Waals surface area (Å²) in [5.74, 6) is 0. The number of likely N-dealkylation sites (N-methyl/N-ethyl adjacent to an activating group) is 1. The molecule has 2 aromatic rings. The fraction of sp³-hybridized carbons (Fsp3) is 0.267. The number of aliphatic hydroxyl groups excluding tert-OH is 1. The number of amides is 1. The maximum absolute atomic E-state index is 11.2. The molecule has 0 saturated carbocycles. The van der Waals surface area contributed by atoms with Crippen molar-refractivity contribution in [3.63, 3.8) is 0 Å². The Labute approximate surface area is 111 Å². The van der Waals surface area contributed by atoms with Crippen LogP contribution >= 0.6 is 0 Å². The molecule has 0 aromatic heterocycles. The van der Waals surface area contributed by atoms with Gasteiger partial charge in [-0.15, -0.1) is 0 Å². The second-order valence-corrected chi connectivity index (χ2v) is 4.80. The fourth-order valence-corrected chi connectivity index (χ4v) is 2.28. The maximum atomic E-state index is 11.2. The number of hydrogen-bond donors (Lipinski definition) is 2. The third-order valence-corrected chi connectivity index (χ3v) is 3.70. The summed E-state index contributed by atoms with van der Waals surface area (Å²) in [4.78, 5) is 12.4. The summed E-state index contributed by atoms with van der Waals surface area (Å²) < 4.78 is 0. The van der Waals surface area contributed by atoms with Crippen LogP contribution in [0.5, 0.6) is 0 Å². The second kappa shape index (κ2) is 4.90. The number of carboxylic acid groups (broad SMARTS) is 1. The molecule has 0 aliphatic heterocycles. The molecule has 0 bridgehead atoms. The summed E-state index contributed by atoms with van der Waals surface area (Å²) in [5.41, 5.74) is -0.162. The molecule has 4 heteroatoms. The van der Waals surface area contributed by atoms with Crippen LogP contribution in [0, 0.1) is 0 Å². The zero-order valence-electron chi connectivity index (χ0n) is 11.0. The molecule has 2 N–H and O–H groups in total. The summed E-state index contributed by atoms with van der Waals surface area (Å²) in [6.45, 7) is 1.45. The molecule has 1 amide bonds. The first-order valence-electron chi connectivity index (χ1n) is 6.06. The van der Waals surface area contributed by atoms with Crippen LogP contribution in [0.1, 0.15) is 12.5 Å². The monoisotopic (exact) mass is 259 g/mol. The van der Waals surface area contributed by atoms with Gasteiger partial charge in [-0.3, -0.25) is 4.90 Å². The van der Waals surface area contributed by atoms with Crippen LogP contribution < -0.4 is 0 Å². The summed E-state index contributed by atoms with van der Waals surface area (Å²) >= 11 is 0. The van der Waals surface area contributed by atoms with Crippen molar-refractivity contribution >= 4 is 16.9 Å². The minimum atomic E-state index is -1.07. The molecule has 0 heterocycles. The van der Waals surface area contributed by atoms with E-state index >= 15 is 0 Å². The summed E-state index contributed by atoms with van der Waals surface area (Å²) in [6, 6.07) is 13.5. The molecule has 19 heavy (non-hydrogen) atoms. The average Bonchev–Trinajstić information content (AvgIpc) is 2.45. The lowest BCUT2D eigenvalue weighted by atomic mass is 9.87. The minimum absolute atomic E-state index is 0.274. The van der Waals surface area contributed by atoms with E-state index in [0.717, 1.165) is 21.2 Å². The number of hydrogen-bond acceptors (Lipinski definition) is 2. The molecule has 0 aliphatic carbocycles. The molecule has 2 aromatic carbocycles. The summed E-state index contributed by atoms with van der Waals surface area (Å²) in [6.07, 6.45) is -1.07. The van der Waals surface area contributed by atoms with Crippen molar-refractivity contribution in [1.82, 2.24) is 4.90 Å². The van der Waals surface area contributed by atoms with Crippen molar-refractivity contribution in [1.29, 1.82) is 0 Å². The predicted molar refractivity (Wildman–Crippen MR) is 74.2 cm³/mol. The van der Waals surface area contributed by atoms with E-state index in [2.05, 4.69) is 0 Å². The lowest BCUT2D eigenvalue weighted by Crippen LogP contribution is -2.47. The van der Waals surface area contributed by atoms with Crippen LogP contribution in [0.4, 0.5) is 4.79 Å². The first-order chi connectivity index (χ1) is 9.00. The highest BCUT2D eigenvalue weighted by Gasteiger charge is 2.35. The van der Waals surface area contributed by atoms with Gasteiger partial charge in [-0.25, -0.2) is 4.79 Å². The third kappa shape index (κ3) is 2.15. The number of benzene rings is 2. The zero-order valence-corrected chi connectivity index (χ0v) is 11.0. The molecule has 1 atom stereocenters. The molecule has 0 radical (unpaired) electrons. The topological polar surface area (TPSA) is 60.8 Å². The van der Waals surface area contributed by atoms with Crippen molar-refractivity contribution < 1.29 is 15.0 Å². The van der Waals surface area contributed by atoms with Crippen LogP contribution in [0.15, 0.2) is 42.5 Å². The normalized spacial score (nSPS) is 14.1. The van der Waals surface area contributed by atoms with Gasteiger partial charge in [0.25, 0.3) is 0 Å². The molecule has 1 unspecified atom stereocenters. The Balaban J connectivity index is 2.67. The van der Waals surface area contributed by atoms with Gasteiger partial charge < -0.3 is 10.2 Å². The fourth-order valence-electron chi connectivity index (χ4n) is 2.28. The summed E-state index contributed by atoms with van der Waals surface area (Å²) in [7, 11) is 1.47. The predicted octanol–water partition coefficient (Wildman–Crippen LogP) is 2.66. The number of aliphatic hydroxyl groups is 1. The van der Waals surface area contributed by atoms with Gasteiger partial charge in [0, 0.05) is 7.05 Å². The van der Waals surface area contributed by atoms with E-state index in [1.54, 1.807) is 6.92 Å². The Kier molecular flexibility index (Phi) is 3.44. The van der Waals surface area contributed by atoms with Crippen LogP contribution in [0.3, 0.4) is 0 Å². The van der Waals surface area contributed by atoms with Crippen molar-refractivity contribution in [2.45, 2.75) is 12.5 Å². The van der Waals surface area contributed by atoms with Crippen LogP contribution in [-0.4, -0.2) is 34.9 Å². The molecule has 0 aliphatic rings. The molecule has 2 rings (SSSR count). The van der Waals surface area contributed by atoms with Gasteiger partial charge in [-0.1, -0.05) is 42.5 Å². The lowest BCUT2D eigenvalue weighted by Gasteiger charge is -2.36. The van der Waals surface area contributed by atoms with Gasteiger partial charge in [0.15, 0.2) is 0 Å². The smallest absolute Gasteiger partial charge is 0.407 e. The maximum Gasteiger partial charge on any atom is 0.407 e. The quantitative estimate of drug-likeness (QED) is 0.890. The van der Waals surface area contributed by atoms with E-state index in [0.29, 0.717) is 0 Å². The highest BCUT2D eigenvalue weighted by atomic mass is 16.4. The molecule has 4 nitrogen and oxygen atoms in total. The van der Waals surface area contributed by atoms with Gasteiger partial charge >= 0.3 is 6.09 Å². The lowest BCUT2D eigenvalue weighted by molar-refractivity contribution is 0.0590. The van der Waals surface area contributed by atoms with E-state index in [9.17, 15) is 15.0 Å². The molecular weight excluding hydrogens is 242 g/mol. The van der Waals surface area contributed by atoms with Crippen LogP contribution in [0.2, 0.25) is 0 Å². The van der Waals surface area contributed by atoms with E-state index in [-0.39, 0.29) is 6.61 Å². The van der Waals surface area contributed by atoms with E-state index in [1.165, 1.54) is 7.05 Å². The average molecular weight is 259 g/mol. The SMILES string of the molecule is CN(C(=O)O)C(C)(CO)c1cccc2ccccc12. The molecule has 100 valence electrons. The Morgan fingerprint density at radius 3 is 2.47 bits per heavy atom. The Morgan fingerprint density at radius 1 is 1.21 bits per heavy atom. The van der Waals surface area contributed by atoms with Crippen molar-refractivity contribution in [2.24, 2.45) is 0 Å². The van der Waals surface area contributed by atoms with Crippen LogP contribution in [-0.2, 0) is 5.54 Å². The Bertz CT molecular complexity index is 606.